The zero-order valence-electron chi connectivity index (χ0n) is 8.71. The van der Waals surface area contributed by atoms with Crippen molar-refractivity contribution in [3.05, 3.63) is 35.3 Å². The molecule has 1 aromatic carbocycles. The second-order valence-electron chi connectivity index (χ2n) is 3.55. The SMILES string of the molecule is Cc1cnc(-n2c(N)nc3ccccc32)s1. The van der Waals surface area contributed by atoms with Gasteiger partial charge in [-0.05, 0) is 19.1 Å². The molecule has 2 N–H and O–H groups in total. The maximum Gasteiger partial charge on any atom is 0.207 e. The number of fused-ring (bicyclic) bond motifs is 1. The summed E-state index contributed by atoms with van der Waals surface area (Å²) in [7, 11) is 0. The lowest BCUT2D eigenvalue weighted by Gasteiger charge is -2.00. The number of para-hydroxylation sites is 2. The molecule has 0 spiro atoms. The van der Waals surface area contributed by atoms with Gasteiger partial charge < -0.3 is 5.73 Å². The third-order valence-electron chi connectivity index (χ3n) is 2.39. The summed E-state index contributed by atoms with van der Waals surface area (Å²) in [5, 5.41) is 0.865. The molecule has 0 aliphatic rings. The lowest BCUT2D eigenvalue weighted by Crippen LogP contribution is -1.99. The number of hydrogen-bond donors (Lipinski definition) is 1. The van der Waals surface area contributed by atoms with Gasteiger partial charge in [0.25, 0.3) is 0 Å². The minimum absolute atomic E-state index is 0.482. The van der Waals surface area contributed by atoms with E-state index in [0.717, 1.165) is 21.0 Å². The first-order valence-corrected chi connectivity index (χ1v) is 5.73. The summed E-state index contributed by atoms with van der Waals surface area (Å²) in [6.45, 7) is 2.02. The van der Waals surface area contributed by atoms with Crippen molar-refractivity contribution in [1.82, 2.24) is 14.5 Å². The molecular weight excluding hydrogens is 220 g/mol. The van der Waals surface area contributed by atoms with E-state index >= 15 is 0 Å². The van der Waals surface area contributed by atoms with Gasteiger partial charge in [-0.15, -0.1) is 11.3 Å². The monoisotopic (exact) mass is 230 g/mol. The number of aryl methyl sites for hydroxylation is 1. The second-order valence-corrected chi connectivity index (χ2v) is 4.76. The lowest BCUT2D eigenvalue weighted by molar-refractivity contribution is 1.08. The number of benzene rings is 1. The van der Waals surface area contributed by atoms with Crippen LogP contribution in [-0.4, -0.2) is 14.5 Å². The Kier molecular flexibility index (Phi) is 1.94. The fraction of sp³-hybridized carbons (Fsp3) is 0.0909. The predicted molar refractivity (Wildman–Crippen MR) is 65.9 cm³/mol. The molecule has 2 aromatic heterocycles. The molecule has 0 fully saturated rings. The molecule has 0 aliphatic carbocycles. The van der Waals surface area contributed by atoms with E-state index in [0.29, 0.717) is 5.95 Å². The van der Waals surface area contributed by atoms with Crippen molar-refractivity contribution in [1.29, 1.82) is 0 Å². The number of rotatable bonds is 1. The highest BCUT2D eigenvalue weighted by Gasteiger charge is 2.11. The summed E-state index contributed by atoms with van der Waals surface area (Å²) in [4.78, 5) is 9.80. The van der Waals surface area contributed by atoms with E-state index in [2.05, 4.69) is 9.97 Å². The molecule has 2 heterocycles. The molecule has 0 atom stereocenters. The largest absolute Gasteiger partial charge is 0.369 e. The van der Waals surface area contributed by atoms with E-state index in [9.17, 15) is 0 Å². The van der Waals surface area contributed by atoms with E-state index in [4.69, 9.17) is 5.73 Å². The van der Waals surface area contributed by atoms with Gasteiger partial charge >= 0.3 is 0 Å². The Morgan fingerprint density at radius 3 is 2.88 bits per heavy atom. The fourth-order valence-electron chi connectivity index (χ4n) is 1.69. The average Bonchev–Trinajstić information content (AvgIpc) is 2.80. The van der Waals surface area contributed by atoms with E-state index in [1.165, 1.54) is 0 Å². The first-order chi connectivity index (χ1) is 7.75. The molecule has 16 heavy (non-hydrogen) atoms. The normalized spacial score (nSPS) is 11.1. The van der Waals surface area contributed by atoms with Crippen LogP contribution in [0.5, 0.6) is 0 Å². The van der Waals surface area contributed by atoms with Crippen LogP contribution in [0, 0.1) is 6.92 Å². The first-order valence-electron chi connectivity index (χ1n) is 4.91. The molecule has 0 saturated carbocycles. The standard InChI is InChI=1S/C11H10N4S/c1-7-6-13-11(16-7)15-9-5-3-2-4-8(9)14-10(15)12/h2-6H,1H3,(H2,12,14). The highest BCUT2D eigenvalue weighted by molar-refractivity contribution is 7.14. The van der Waals surface area contributed by atoms with Crippen LogP contribution < -0.4 is 5.73 Å². The topological polar surface area (TPSA) is 56.7 Å². The highest BCUT2D eigenvalue weighted by Crippen LogP contribution is 2.25. The molecule has 5 heteroatoms. The number of nitrogens with two attached hydrogens (primary N) is 1. The van der Waals surface area contributed by atoms with E-state index in [-0.39, 0.29) is 0 Å². The summed E-state index contributed by atoms with van der Waals surface area (Å²) in [6.07, 6.45) is 1.84. The van der Waals surface area contributed by atoms with Crippen LogP contribution in [0.3, 0.4) is 0 Å². The number of thiazole rings is 1. The number of anilines is 1. The maximum absolute atomic E-state index is 5.91. The molecular formula is C11H10N4S. The van der Waals surface area contributed by atoms with Crippen LogP contribution in [0.15, 0.2) is 30.5 Å². The van der Waals surface area contributed by atoms with Crippen LogP contribution in [-0.2, 0) is 0 Å². The number of nitrogen functional groups attached to an aromatic ring is 1. The van der Waals surface area contributed by atoms with Crippen molar-refractivity contribution >= 4 is 28.3 Å². The lowest BCUT2D eigenvalue weighted by atomic mass is 10.3. The van der Waals surface area contributed by atoms with E-state index in [1.54, 1.807) is 11.3 Å². The summed E-state index contributed by atoms with van der Waals surface area (Å²) >= 11 is 1.61. The number of imidazole rings is 1. The summed E-state index contributed by atoms with van der Waals surface area (Å²) in [5.74, 6) is 0.482. The molecule has 0 aliphatic heterocycles. The Labute approximate surface area is 96.4 Å². The van der Waals surface area contributed by atoms with Crippen LogP contribution in [0.4, 0.5) is 5.95 Å². The van der Waals surface area contributed by atoms with Crippen molar-refractivity contribution in [3.63, 3.8) is 0 Å². The number of hydrogen-bond acceptors (Lipinski definition) is 4. The van der Waals surface area contributed by atoms with Gasteiger partial charge in [-0.25, -0.2) is 9.97 Å². The van der Waals surface area contributed by atoms with Gasteiger partial charge in [-0.2, -0.15) is 0 Å². The molecule has 0 radical (unpaired) electrons. The van der Waals surface area contributed by atoms with Crippen molar-refractivity contribution in [2.45, 2.75) is 6.92 Å². The Hall–Kier alpha value is -1.88. The van der Waals surface area contributed by atoms with Gasteiger partial charge in [0.1, 0.15) is 0 Å². The molecule has 0 amide bonds. The number of nitrogens with zero attached hydrogens (tertiary/aromatic N) is 3. The molecule has 3 rings (SSSR count). The van der Waals surface area contributed by atoms with Crippen LogP contribution in [0.25, 0.3) is 16.2 Å². The van der Waals surface area contributed by atoms with Gasteiger partial charge in [-0.1, -0.05) is 12.1 Å². The van der Waals surface area contributed by atoms with Gasteiger partial charge in [0.2, 0.25) is 5.95 Å². The maximum atomic E-state index is 5.91. The van der Waals surface area contributed by atoms with Crippen LogP contribution in [0.2, 0.25) is 0 Å². The molecule has 0 unspecified atom stereocenters. The van der Waals surface area contributed by atoms with Gasteiger partial charge in [0.05, 0.1) is 11.0 Å². The minimum Gasteiger partial charge on any atom is -0.369 e. The van der Waals surface area contributed by atoms with E-state index in [1.807, 2.05) is 42.0 Å². The second kappa shape index (κ2) is 3.31. The Morgan fingerprint density at radius 2 is 2.12 bits per heavy atom. The zero-order chi connectivity index (χ0) is 11.1. The smallest absolute Gasteiger partial charge is 0.207 e. The van der Waals surface area contributed by atoms with Gasteiger partial charge in [-0.3, -0.25) is 4.57 Å². The van der Waals surface area contributed by atoms with Gasteiger partial charge in [0.15, 0.2) is 5.13 Å². The molecule has 3 aromatic rings. The molecule has 0 saturated heterocycles. The molecule has 4 nitrogen and oxygen atoms in total. The molecule has 0 bridgehead atoms. The van der Waals surface area contributed by atoms with Gasteiger partial charge in [0, 0.05) is 11.1 Å². The van der Waals surface area contributed by atoms with E-state index < -0.39 is 0 Å². The summed E-state index contributed by atoms with van der Waals surface area (Å²) in [6, 6.07) is 7.87. The van der Waals surface area contributed by atoms with Crippen LogP contribution in [0.1, 0.15) is 4.88 Å². The Balaban J connectivity index is 2.34. The third kappa shape index (κ3) is 1.29. The fourth-order valence-corrected chi connectivity index (χ4v) is 2.47. The number of aromatic nitrogens is 3. The summed E-state index contributed by atoms with van der Waals surface area (Å²) in [5.41, 5.74) is 7.80. The summed E-state index contributed by atoms with van der Waals surface area (Å²) < 4.78 is 1.88. The molecule has 80 valence electrons. The highest BCUT2D eigenvalue weighted by atomic mass is 32.1. The quantitative estimate of drug-likeness (QED) is 0.698. The third-order valence-corrected chi connectivity index (χ3v) is 3.29. The van der Waals surface area contributed by atoms with Crippen molar-refractivity contribution < 1.29 is 0 Å². The predicted octanol–water partition coefficient (Wildman–Crippen LogP) is 2.37. The van der Waals surface area contributed by atoms with Crippen molar-refractivity contribution in [2.75, 3.05) is 5.73 Å². The Morgan fingerprint density at radius 1 is 1.31 bits per heavy atom. The van der Waals surface area contributed by atoms with Crippen LogP contribution >= 0.6 is 11.3 Å². The average molecular weight is 230 g/mol. The Bertz CT molecular complexity index is 653. The minimum atomic E-state index is 0.482. The zero-order valence-corrected chi connectivity index (χ0v) is 9.53. The van der Waals surface area contributed by atoms with Crippen molar-refractivity contribution in [3.8, 4) is 5.13 Å². The first kappa shape index (κ1) is 9.35. The van der Waals surface area contributed by atoms with Crippen molar-refractivity contribution in [2.24, 2.45) is 0 Å².